The van der Waals surface area contributed by atoms with Crippen LogP contribution < -0.4 is 10.6 Å². The molecule has 0 unspecified atom stereocenters. The van der Waals surface area contributed by atoms with Gasteiger partial charge in [-0.3, -0.25) is 19.8 Å². The van der Waals surface area contributed by atoms with Crippen LogP contribution in [0.1, 0.15) is 10.4 Å². The molecule has 0 spiro atoms. The molecule has 11 heteroatoms. The number of carbonyl (C=O) groups is 1. The van der Waals surface area contributed by atoms with Gasteiger partial charge in [0, 0.05) is 57.9 Å². The summed E-state index contributed by atoms with van der Waals surface area (Å²) in [6.45, 7) is 5.07. The number of rotatable bonds is 7. The molecular weight excluding hydrogens is 370 g/mol. The Morgan fingerprint density at radius 3 is 2.85 bits per heavy atom. The normalized spacial score (nSPS) is 14.9. The average Bonchev–Trinajstić information content (AvgIpc) is 3.07. The fraction of sp³-hybridized carbons (Fsp3) is 0.438. The summed E-state index contributed by atoms with van der Waals surface area (Å²) in [4.78, 5) is 26.0. The molecule has 27 heavy (non-hydrogen) atoms. The molecule has 0 atom stereocenters. The topological polar surface area (TPSA) is 118 Å². The van der Waals surface area contributed by atoms with Crippen molar-refractivity contribution in [2.75, 3.05) is 39.3 Å². The Labute approximate surface area is 160 Å². The molecule has 1 saturated heterocycles. The number of nitrogens with zero attached hydrogens (tertiary/aromatic N) is 5. The maximum absolute atomic E-state index is 12.3. The Balaban J connectivity index is 1.64. The van der Waals surface area contributed by atoms with E-state index < -0.39 is 4.92 Å². The molecule has 2 N–H and O–H groups in total. The van der Waals surface area contributed by atoms with Gasteiger partial charge >= 0.3 is 0 Å². The number of nitro groups is 1. The van der Waals surface area contributed by atoms with Gasteiger partial charge in [-0.25, -0.2) is 0 Å². The predicted octanol–water partition coefficient (Wildman–Crippen LogP) is 0.509. The summed E-state index contributed by atoms with van der Waals surface area (Å²) in [5, 5.41) is 25.8. The summed E-state index contributed by atoms with van der Waals surface area (Å²) in [6, 6.07) is 4.47. The number of hydrogen-bond donors (Lipinski definition) is 2. The smallest absolute Gasteiger partial charge is 0.284 e. The summed E-state index contributed by atoms with van der Waals surface area (Å²) in [5.41, 5.74) is 0.141. The highest BCUT2D eigenvalue weighted by atomic mass is 32.2. The highest BCUT2D eigenvalue weighted by Crippen LogP contribution is 2.34. The third-order valence-electron chi connectivity index (χ3n) is 4.21. The first-order valence-electron chi connectivity index (χ1n) is 8.56. The highest BCUT2D eigenvalue weighted by molar-refractivity contribution is 7.99. The molecule has 1 aliphatic heterocycles. The van der Waals surface area contributed by atoms with Crippen LogP contribution in [0.15, 0.2) is 34.6 Å². The van der Waals surface area contributed by atoms with Gasteiger partial charge in [0.15, 0.2) is 5.16 Å². The number of piperazine rings is 1. The van der Waals surface area contributed by atoms with E-state index in [2.05, 4.69) is 25.7 Å². The van der Waals surface area contributed by atoms with E-state index in [4.69, 9.17) is 0 Å². The van der Waals surface area contributed by atoms with Crippen LogP contribution in [0.4, 0.5) is 5.69 Å². The second-order valence-electron chi connectivity index (χ2n) is 6.11. The molecule has 144 valence electrons. The number of amides is 1. The van der Waals surface area contributed by atoms with Crippen molar-refractivity contribution in [2.24, 2.45) is 7.05 Å². The molecule has 10 nitrogen and oxygen atoms in total. The van der Waals surface area contributed by atoms with E-state index in [1.54, 1.807) is 23.7 Å². The lowest BCUT2D eigenvalue weighted by atomic mass is 10.2. The van der Waals surface area contributed by atoms with Crippen molar-refractivity contribution in [1.82, 2.24) is 30.3 Å². The number of aryl methyl sites for hydroxylation is 1. The molecule has 1 aliphatic rings. The molecule has 2 aromatic rings. The number of carbonyl (C=O) groups excluding carboxylic acids is 1. The molecule has 3 rings (SSSR count). The van der Waals surface area contributed by atoms with Crippen molar-refractivity contribution >= 4 is 23.4 Å². The quantitative estimate of drug-likeness (QED) is 0.518. The zero-order valence-corrected chi connectivity index (χ0v) is 15.7. The minimum Gasteiger partial charge on any atom is -0.351 e. The van der Waals surface area contributed by atoms with Gasteiger partial charge in [0.05, 0.1) is 9.82 Å². The van der Waals surface area contributed by atoms with Crippen LogP contribution in [0.25, 0.3) is 0 Å². The molecule has 0 radical (unpaired) electrons. The number of aromatic nitrogens is 3. The lowest BCUT2D eigenvalue weighted by Crippen LogP contribution is -2.46. The van der Waals surface area contributed by atoms with Gasteiger partial charge in [0.2, 0.25) is 0 Å². The second-order valence-corrected chi connectivity index (χ2v) is 7.12. The van der Waals surface area contributed by atoms with Crippen molar-refractivity contribution in [3.8, 4) is 0 Å². The van der Waals surface area contributed by atoms with E-state index in [9.17, 15) is 14.9 Å². The predicted molar refractivity (Wildman–Crippen MR) is 99.9 cm³/mol. The van der Waals surface area contributed by atoms with E-state index in [0.717, 1.165) is 44.5 Å². The van der Waals surface area contributed by atoms with Gasteiger partial charge in [-0.1, -0.05) is 0 Å². The summed E-state index contributed by atoms with van der Waals surface area (Å²) < 4.78 is 1.67. The molecule has 1 aromatic carbocycles. The summed E-state index contributed by atoms with van der Waals surface area (Å²) in [7, 11) is 1.76. The highest BCUT2D eigenvalue weighted by Gasteiger charge is 2.20. The van der Waals surface area contributed by atoms with Crippen molar-refractivity contribution < 1.29 is 9.72 Å². The van der Waals surface area contributed by atoms with Crippen LogP contribution in [-0.4, -0.2) is 69.8 Å². The van der Waals surface area contributed by atoms with E-state index >= 15 is 0 Å². The van der Waals surface area contributed by atoms with E-state index in [1.165, 1.54) is 12.4 Å². The Morgan fingerprint density at radius 2 is 2.19 bits per heavy atom. The molecule has 0 bridgehead atoms. The van der Waals surface area contributed by atoms with Gasteiger partial charge in [-0.2, -0.15) is 0 Å². The third-order valence-corrected chi connectivity index (χ3v) is 5.33. The summed E-state index contributed by atoms with van der Waals surface area (Å²) in [6.07, 6.45) is 1.52. The average molecular weight is 391 g/mol. The van der Waals surface area contributed by atoms with E-state index in [-0.39, 0.29) is 17.2 Å². The summed E-state index contributed by atoms with van der Waals surface area (Å²) in [5.74, 6) is -0.316. The first kappa shape index (κ1) is 19.3. The molecule has 1 aromatic heterocycles. The minimum absolute atomic E-state index is 0.127. The van der Waals surface area contributed by atoms with Crippen LogP contribution in [0.5, 0.6) is 0 Å². The van der Waals surface area contributed by atoms with Crippen molar-refractivity contribution in [3.63, 3.8) is 0 Å². The SMILES string of the molecule is Cn1cnnc1Sc1ccc(C(=O)NCCN2CCNCC2)cc1[N+](=O)[O-]. The molecule has 1 fully saturated rings. The monoisotopic (exact) mass is 391 g/mol. The first-order valence-corrected chi connectivity index (χ1v) is 9.38. The van der Waals surface area contributed by atoms with Gasteiger partial charge in [0.1, 0.15) is 6.33 Å². The van der Waals surface area contributed by atoms with Crippen molar-refractivity contribution in [2.45, 2.75) is 10.1 Å². The zero-order chi connectivity index (χ0) is 19.2. The Morgan fingerprint density at radius 1 is 1.41 bits per heavy atom. The zero-order valence-electron chi connectivity index (χ0n) is 14.9. The van der Waals surface area contributed by atoms with Gasteiger partial charge in [0.25, 0.3) is 11.6 Å². The lowest BCUT2D eigenvalue weighted by molar-refractivity contribution is -0.387. The molecule has 0 aliphatic carbocycles. The van der Waals surface area contributed by atoms with E-state index in [0.29, 0.717) is 16.6 Å². The van der Waals surface area contributed by atoms with Crippen LogP contribution in [0, 0.1) is 10.1 Å². The maximum atomic E-state index is 12.3. The first-order chi connectivity index (χ1) is 13.0. The third kappa shape index (κ3) is 5.02. The fourth-order valence-corrected chi connectivity index (χ4v) is 3.57. The summed E-state index contributed by atoms with van der Waals surface area (Å²) >= 11 is 1.14. The standard InChI is InChI=1S/C16H21N7O3S/c1-21-11-19-20-16(21)27-14-3-2-12(10-13(14)23(25)26)15(24)18-6-9-22-7-4-17-5-8-22/h2-3,10-11,17H,4-9H2,1H3,(H,18,24). The largest absolute Gasteiger partial charge is 0.351 e. The van der Waals surface area contributed by atoms with E-state index in [1.807, 2.05) is 0 Å². The maximum Gasteiger partial charge on any atom is 0.284 e. The molecule has 2 heterocycles. The number of nitro benzene ring substituents is 1. The van der Waals surface area contributed by atoms with Gasteiger partial charge in [-0.05, 0) is 23.9 Å². The Hall–Kier alpha value is -2.50. The van der Waals surface area contributed by atoms with Crippen molar-refractivity contribution in [3.05, 3.63) is 40.2 Å². The molecular formula is C16H21N7O3S. The second kappa shape index (κ2) is 8.93. The fourth-order valence-electron chi connectivity index (χ4n) is 2.72. The van der Waals surface area contributed by atoms with Crippen LogP contribution in [0.2, 0.25) is 0 Å². The van der Waals surface area contributed by atoms with Gasteiger partial charge < -0.3 is 15.2 Å². The van der Waals surface area contributed by atoms with Crippen LogP contribution >= 0.6 is 11.8 Å². The van der Waals surface area contributed by atoms with Crippen LogP contribution in [-0.2, 0) is 7.05 Å². The molecule has 1 amide bonds. The molecule has 0 saturated carbocycles. The van der Waals surface area contributed by atoms with Crippen LogP contribution in [0.3, 0.4) is 0 Å². The minimum atomic E-state index is -0.490. The van der Waals surface area contributed by atoms with Gasteiger partial charge in [-0.15, -0.1) is 10.2 Å². The van der Waals surface area contributed by atoms with Crippen molar-refractivity contribution in [1.29, 1.82) is 0 Å². The number of benzene rings is 1. The lowest BCUT2D eigenvalue weighted by Gasteiger charge is -2.27. The Bertz CT molecular complexity index is 820. The number of hydrogen-bond acceptors (Lipinski definition) is 8. The Kier molecular flexibility index (Phi) is 6.37. The number of nitrogens with one attached hydrogen (secondary N) is 2.